The molecule has 0 aromatic heterocycles. The van der Waals surface area contributed by atoms with E-state index in [9.17, 15) is 8.42 Å². The van der Waals surface area contributed by atoms with E-state index in [4.69, 9.17) is 0 Å². The van der Waals surface area contributed by atoms with Crippen LogP contribution >= 0.6 is 0 Å². The van der Waals surface area contributed by atoms with Gasteiger partial charge in [-0.15, -0.1) is 0 Å². The van der Waals surface area contributed by atoms with Crippen LogP contribution in [0.4, 0.5) is 0 Å². The van der Waals surface area contributed by atoms with Crippen LogP contribution in [-0.2, 0) is 9.84 Å². The maximum atomic E-state index is 11.7. The molecule has 0 aromatic carbocycles. The molecule has 0 aliphatic carbocycles. The lowest BCUT2D eigenvalue weighted by Gasteiger charge is -2.16. The van der Waals surface area contributed by atoms with Gasteiger partial charge in [0.15, 0.2) is 9.84 Å². The summed E-state index contributed by atoms with van der Waals surface area (Å²) in [6, 6.07) is 0.476. The molecule has 0 aliphatic rings. The van der Waals surface area contributed by atoms with Gasteiger partial charge in [-0.3, -0.25) is 0 Å². The quantitative estimate of drug-likeness (QED) is 0.659. The summed E-state index contributed by atoms with van der Waals surface area (Å²) in [4.78, 5) is 0. The first-order valence-electron chi connectivity index (χ1n) is 6.85. The van der Waals surface area contributed by atoms with Gasteiger partial charge in [0, 0.05) is 6.04 Å². The summed E-state index contributed by atoms with van der Waals surface area (Å²) in [6.45, 7) is 9.23. The zero-order valence-corrected chi connectivity index (χ0v) is 12.6. The van der Waals surface area contributed by atoms with Crippen LogP contribution in [0.1, 0.15) is 53.4 Å². The van der Waals surface area contributed by atoms with Crippen molar-refractivity contribution in [1.29, 1.82) is 0 Å². The molecule has 0 saturated heterocycles. The average molecular weight is 263 g/mol. The van der Waals surface area contributed by atoms with Gasteiger partial charge in [0.2, 0.25) is 0 Å². The van der Waals surface area contributed by atoms with Crippen molar-refractivity contribution in [3.05, 3.63) is 0 Å². The Morgan fingerprint density at radius 3 is 2.29 bits per heavy atom. The third-order valence-electron chi connectivity index (χ3n) is 2.77. The minimum Gasteiger partial charge on any atom is -0.314 e. The van der Waals surface area contributed by atoms with Crippen LogP contribution in [0.15, 0.2) is 0 Å². The number of hydrogen-bond acceptors (Lipinski definition) is 3. The number of hydrogen-bond donors (Lipinski definition) is 1. The Morgan fingerprint density at radius 2 is 1.82 bits per heavy atom. The fourth-order valence-electron chi connectivity index (χ4n) is 1.94. The minimum absolute atomic E-state index is 0.236. The van der Waals surface area contributed by atoms with Crippen molar-refractivity contribution < 1.29 is 8.42 Å². The maximum Gasteiger partial charge on any atom is 0.150 e. The van der Waals surface area contributed by atoms with Crippen molar-refractivity contribution in [3.8, 4) is 0 Å². The van der Waals surface area contributed by atoms with Gasteiger partial charge >= 0.3 is 0 Å². The smallest absolute Gasteiger partial charge is 0.150 e. The molecule has 4 heteroatoms. The molecule has 0 spiro atoms. The van der Waals surface area contributed by atoms with E-state index in [0.717, 1.165) is 32.2 Å². The first-order chi connectivity index (χ1) is 7.91. The van der Waals surface area contributed by atoms with Gasteiger partial charge in [-0.05, 0) is 38.1 Å². The minimum atomic E-state index is -2.83. The van der Waals surface area contributed by atoms with Crippen LogP contribution in [0.3, 0.4) is 0 Å². The molecule has 104 valence electrons. The number of sulfone groups is 1. The van der Waals surface area contributed by atoms with Crippen LogP contribution in [0.5, 0.6) is 0 Å². The van der Waals surface area contributed by atoms with Crippen molar-refractivity contribution in [2.75, 3.05) is 18.1 Å². The van der Waals surface area contributed by atoms with Gasteiger partial charge in [-0.1, -0.05) is 27.7 Å². The normalized spacial score (nSPS) is 14.2. The predicted molar refractivity (Wildman–Crippen MR) is 75.1 cm³/mol. The molecule has 17 heavy (non-hydrogen) atoms. The molecule has 1 atom stereocenters. The molecule has 0 rings (SSSR count). The molecule has 0 bridgehead atoms. The lowest BCUT2D eigenvalue weighted by Crippen LogP contribution is -2.29. The highest BCUT2D eigenvalue weighted by Gasteiger charge is 2.14. The van der Waals surface area contributed by atoms with Gasteiger partial charge in [-0.2, -0.15) is 0 Å². The first-order valence-corrected chi connectivity index (χ1v) is 8.67. The fourth-order valence-corrected chi connectivity index (χ4v) is 3.73. The highest BCUT2D eigenvalue weighted by molar-refractivity contribution is 7.91. The summed E-state index contributed by atoms with van der Waals surface area (Å²) in [5.74, 6) is 0.905. The maximum absolute atomic E-state index is 11.7. The molecule has 0 aromatic rings. The molecule has 0 amide bonds. The fraction of sp³-hybridized carbons (Fsp3) is 1.00. The molecule has 0 fully saturated rings. The third-order valence-corrected chi connectivity index (χ3v) is 4.86. The van der Waals surface area contributed by atoms with E-state index in [0.29, 0.717) is 17.5 Å². The van der Waals surface area contributed by atoms with Gasteiger partial charge in [-0.25, -0.2) is 8.42 Å². The topological polar surface area (TPSA) is 46.2 Å². The van der Waals surface area contributed by atoms with E-state index >= 15 is 0 Å². The van der Waals surface area contributed by atoms with Gasteiger partial charge in [0.05, 0.1) is 11.5 Å². The Balaban J connectivity index is 3.87. The average Bonchev–Trinajstić information content (AvgIpc) is 2.21. The van der Waals surface area contributed by atoms with Gasteiger partial charge in [0.25, 0.3) is 0 Å². The Hall–Kier alpha value is -0.0900. The van der Waals surface area contributed by atoms with E-state index in [1.54, 1.807) is 0 Å². The molecule has 3 nitrogen and oxygen atoms in total. The van der Waals surface area contributed by atoms with E-state index in [2.05, 4.69) is 19.2 Å². The molecule has 0 heterocycles. The van der Waals surface area contributed by atoms with Crippen molar-refractivity contribution in [2.45, 2.75) is 59.4 Å². The zero-order chi connectivity index (χ0) is 13.3. The number of rotatable bonds is 10. The van der Waals surface area contributed by atoms with Crippen LogP contribution in [0, 0.1) is 5.92 Å². The molecule has 1 N–H and O–H groups in total. The van der Waals surface area contributed by atoms with Crippen molar-refractivity contribution in [3.63, 3.8) is 0 Å². The van der Waals surface area contributed by atoms with E-state index in [-0.39, 0.29) is 5.92 Å². The van der Waals surface area contributed by atoms with E-state index in [1.807, 2.05) is 13.8 Å². The summed E-state index contributed by atoms with van der Waals surface area (Å²) in [6.07, 6.45) is 3.95. The molecule has 0 radical (unpaired) electrons. The second-order valence-electron chi connectivity index (χ2n) is 5.21. The molecular formula is C13H29NO2S. The lowest BCUT2D eigenvalue weighted by molar-refractivity contribution is 0.462. The summed E-state index contributed by atoms with van der Waals surface area (Å²) >= 11 is 0. The highest BCUT2D eigenvalue weighted by Crippen LogP contribution is 2.07. The second kappa shape index (κ2) is 8.92. The van der Waals surface area contributed by atoms with Crippen LogP contribution in [0.2, 0.25) is 0 Å². The van der Waals surface area contributed by atoms with E-state index in [1.165, 1.54) is 0 Å². The lowest BCUT2D eigenvalue weighted by atomic mass is 10.1. The SMILES string of the molecule is CCCNC(CC)CCCS(=O)(=O)CC(C)C. The first kappa shape index (κ1) is 16.9. The summed E-state index contributed by atoms with van der Waals surface area (Å²) in [5.41, 5.74) is 0. The van der Waals surface area contributed by atoms with Gasteiger partial charge < -0.3 is 5.32 Å². The predicted octanol–water partition coefficient (Wildman–Crippen LogP) is 2.62. The molecule has 1 unspecified atom stereocenters. The number of nitrogens with one attached hydrogen (secondary N) is 1. The standard InChI is InChI=1S/C13H29NO2S/c1-5-9-14-13(6-2)8-7-10-17(15,16)11-12(3)4/h12-14H,5-11H2,1-4H3. The van der Waals surface area contributed by atoms with Crippen molar-refractivity contribution >= 4 is 9.84 Å². The second-order valence-corrected chi connectivity index (χ2v) is 7.44. The summed E-state index contributed by atoms with van der Waals surface area (Å²) in [5, 5.41) is 3.45. The van der Waals surface area contributed by atoms with Gasteiger partial charge in [0.1, 0.15) is 0 Å². The summed E-state index contributed by atoms with van der Waals surface area (Å²) in [7, 11) is -2.83. The summed E-state index contributed by atoms with van der Waals surface area (Å²) < 4.78 is 23.4. The van der Waals surface area contributed by atoms with Crippen molar-refractivity contribution in [1.82, 2.24) is 5.32 Å². The highest BCUT2D eigenvalue weighted by atomic mass is 32.2. The van der Waals surface area contributed by atoms with Crippen LogP contribution in [0.25, 0.3) is 0 Å². The molecule has 0 saturated carbocycles. The Morgan fingerprint density at radius 1 is 1.18 bits per heavy atom. The van der Waals surface area contributed by atoms with Crippen LogP contribution in [-0.4, -0.2) is 32.5 Å². The van der Waals surface area contributed by atoms with E-state index < -0.39 is 9.84 Å². The monoisotopic (exact) mass is 263 g/mol. The molecule has 0 aliphatic heterocycles. The Bertz CT molecular complexity index is 273. The largest absolute Gasteiger partial charge is 0.314 e. The Kier molecular flexibility index (Phi) is 8.88. The zero-order valence-electron chi connectivity index (χ0n) is 11.8. The Labute approximate surface area is 107 Å². The van der Waals surface area contributed by atoms with Crippen molar-refractivity contribution in [2.24, 2.45) is 5.92 Å². The third kappa shape index (κ3) is 9.60. The van der Waals surface area contributed by atoms with Crippen LogP contribution < -0.4 is 5.32 Å². The molecular weight excluding hydrogens is 234 g/mol.